The van der Waals surface area contributed by atoms with Crippen molar-refractivity contribution >= 4 is 17.7 Å². The molecule has 1 unspecified atom stereocenters. The fraction of sp³-hybridized carbons (Fsp3) is 0.632. The van der Waals surface area contributed by atoms with Gasteiger partial charge in [0.1, 0.15) is 23.5 Å². The molecule has 0 saturated carbocycles. The molecule has 0 aromatic carbocycles. The predicted octanol–water partition coefficient (Wildman–Crippen LogP) is 3.09. The van der Waals surface area contributed by atoms with E-state index in [-0.39, 0.29) is 35.7 Å². The Balaban J connectivity index is 1.71. The number of carbonyl (C=O) groups is 2. The van der Waals surface area contributed by atoms with Crippen molar-refractivity contribution in [3.05, 3.63) is 27.9 Å². The number of pyridine rings is 1. The molecule has 0 aliphatic carbocycles. The molecule has 0 radical (unpaired) electrons. The molecule has 1 aromatic rings. The molecular formula is C19H25N3O7. The first-order valence-electron chi connectivity index (χ1n) is 9.49. The summed E-state index contributed by atoms with van der Waals surface area (Å²) >= 11 is 0. The number of nitrogens with zero attached hydrogens (tertiary/aromatic N) is 3. The summed E-state index contributed by atoms with van der Waals surface area (Å²) in [6.07, 6.45) is 3.39. The van der Waals surface area contributed by atoms with Crippen LogP contribution in [0.15, 0.2) is 12.3 Å². The smallest absolute Gasteiger partial charge is 0.410 e. The van der Waals surface area contributed by atoms with Crippen LogP contribution in [0.2, 0.25) is 0 Å². The third-order valence-electron chi connectivity index (χ3n) is 5.04. The number of esters is 1. The molecule has 10 nitrogen and oxygen atoms in total. The molecule has 0 spiro atoms. The van der Waals surface area contributed by atoms with Crippen LogP contribution in [0.1, 0.15) is 56.8 Å². The summed E-state index contributed by atoms with van der Waals surface area (Å²) in [6, 6.07) is 1.24. The van der Waals surface area contributed by atoms with Crippen LogP contribution < -0.4 is 4.74 Å². The summed E-state index contributed by atoms with van der Waals surface area (Å²) in [5, 5.41) is 11.1. The summed E-state index contributed by atoms with van der Waals surface area (Å²) < 4.78 is 16.0. The average molecular weight is 407 g/mol. The number of piperidine rings is 1. The number of aromatic nitrogens is 1. The monoisotopic (exact) mass is 407 g/mol. The van der Waals surface area contributed by atoms with E-state index in [0.29, 0.717) is 12.8 Å². The lowest BCUT2D eigenvalue weighted by Gasteiger charge is -2.39. The average Bonchev–Trinajstić information content (AvgIpc) is 2.90. The van der Waals surface area contributed by atoms with Crippen LogP contribution in [0.5, 0.6) is 5.88 Å². The maximum Gasteiger partial charge on any atom is 0.410 e. The highest BCUT2D eigenvalue weighted by Gasteiger charge is 2.45. The molecule has 1 aromatic heterocycles. The van der Waals surface area contributed by atoms with Crippen molar-refractivity contribution < 1.29 is 28.7 Å². The third kappa shape index (κ3) is 4.57. The second-order valence-electron chi connectivity index (χ2n) is 8.27. The standard InChI is InChI=1S/C19H25N3O7/c1-19(2,3)29-18(24)21-11-5-6-12(21)8-13(7-11)28-16-9-14(17(23)27-4)15(10-20-16)22(25)26/h9-13H,5-8H2,1-4H3/t11-,12+,13?. The fourth-order valence-electron chi connectivity index (χ4n) is 3.92. The Morgan fingerprint density at radius 1 is 1.24 bits per heavy atom. The van der Waals surface area contributed by atoms with Gasteiger partial charge < -0.3 is 19.1 Å². The molecule has 2 fully saturated rings. The Morgan fingerprint density at radius 2 is 1.86 bits per heavy atom. The van der Waals surface area contributed by atoms with Crippen molar-refractivity contribution in [1.82, 2.24) is 9.88 Å². The molecule has 10 heteroatoms. The minimum atomic E-state index is -0.830. The number of nitro groups is 1. The predicted molar refractivity (Wildman–Crippen MR) is 101 cm³/mol. The zero-order valence-corrected chi connectivity index (χ0v) is 16.9. The van der Waals surface area contributed by atoms with E-state index in [1.165, 1.54) is 6.07 Å². The fourth-order valence-corrected chi connectivity index (χ4v) is 3.92. The van der Waals surface area contributed by atoms with Gasteiger partial charge in [0, 0.05) is 31.0 Å². The molecular weight excluding hydrogens is 382 g/mol. The van der Waals surface area contributed by atoms with Gasteiger partial charge in [-0.05, 0) is 33.6 Å². The zero-order chi connectivity index (χ0) is 21.3. The summed E-state index contributed by atoms with van der Waals surface area (Å²) in [5.74, 6) is -0.713. The van der Waals surface area contributed by atoms with E-state index in [9.17, 15) is 19.7 Å². The largest absolute Gasteiger partial charge is 0.474 e. The molecule has 2 aliphatic rings. The van der Waals surface area contributed by atoms with Gasteiger partial charge in [0.15, 0.2) is 0 Å². The van der Waals surface area contributed by atoms with Gasteiger partial charge in [-0.15, -0.1) is 0 Å². The number of hydrogen-bond acceptors (Lipinski definition) is 8. The first-order valence-corrected chi connectivity index (χ1v) is 9.49. The van der Waals surface area contributed by atoms with Crippen LogP contribution in [0.4, 0.5) is 10.5 Å². The topological polar surface area (TPSA) is 121 Å². The molecule has 3 rings (SSSR count). The Labute approximate surface area is 168 Å². The molecule has 29 heavy (non-hydrogen) atoms. The lowest BCUT2D eigenvalue weighted by molar-refractivity contribution is -0.385. The molecule has 2 aliphatic heterocycles. The molecule has 1 amide bonds. The number of ether oxygens (including phenoxy) is 3. The number of fused-ring (bicyclic) bond motifs is 2. The summed E-state index contributed by atoms with van der Waals surface area (Å²) in [5.41, 5.74) is -1.21. The van der Waals surface area contributed by atoms with E-state index < -0.39 is 22.2 Å². The minimum Gasteiger partial charge on any atom is -0.474 e. The van der Waals surface area contributed by atoms with E-state index in [2.05, 4.69) is 9.72 Å². The molecule has 3 atom stereocenters. The van der Waals surface area contributed by atoms with Gasteiger partial charge in [-0.2, -0.15) is 0 Å². The Kier molecular flexibility index (Phi) is 5.63. The quantitative estimate of drug-likeness (QED) is 0.424. The van der Waals surface area contributed by atoms with Gasteiger partial charge in [-0.3, -0.25) is 10.1 Å². The van der Waals surface area contributed by atoms with Gasteiger partial charge in [0.2, 0.25) is 5.88 Å². The van der Waals surface area contributed by atoms with E-state index in [0.717, 1.165) is 26.1 Å². The van der Waals surface area contributed by atoms with Crippen LogP contribution >= 0.6 is 0 Å². The van der Waals surface area contributed by atoms with Gasteiger partial charge in [-0.1, -0.05) is 0 Å². The second-order valence-corrected chi connectivity index (χ2v) is 8.27. The Hall–Kier alpha value is -2.91. The number of hydrogen-bond donors (Lipinski definition) is 0. The van der Waals surface area contributed by atoms with Crippen molar-refractivity contribution in [2.75, 3.05) is 7.11 Å². The van der Waals surface area contributed by atoms with Gasteiger partial charge in [0.25, 0.3) is 0 Å². The highest BCUT2D eigenvalue weighted by atomic mass is 16.6. The zero-order valence-electron chi connectivity index (χ0n) is 16.9. The first-order chi connectivity index (χ1) is 13.6. The lowest BCUT2D eigenvalue weighted by Crippen LogP contribution is -2.50. The highest BCUT2D eigenvalue weighted by Crippen LogP contribution is 2.38. The van der Waals surface area contributed by atoms with Crippen LogP contribution in [0.25, 0.3) is 0 Å². The van der Waals surface area contributed by atoms with E-state index in [1.807, 2.05) is 20.8 Å². The van der Waals surface area contributed by atoms with Crippen molar-refractivity contribution in [1.29, 1.82) is 0 Å². The third-order valence-corrected chi connectivity index (χ3v) is 5.04. The van der Waals surface area contributed by atoms with Gasteiger partial charge in [-0.25, -0.2) is 14.6 Å². The van der Waals surface area contributed by atoms with Gasteiger partial charge >= 0.3 is 17.7 Å². The minimum absolute atomic E-state index is 0.00623. The molecule has 158 valence electrons. The maximum absolute atomic E-state index is 12.5. The number of carbonyl (C=O) groups excluding carboxylic acids is 2. The lowest BCUT2D eigenvalue weighted by atomic mass is 10.00. The Morgan fingerprint density at radius 3 is 2.38 bits per heavy atom. The van der Waals surface area contributed by atoms with Gasteiger partial charge in [0.05, 0.1) is 12.0 Å². The van der Waals surface area contributed by atoms with Crippen molar-refractivity contribution in [2.45, 2.75) is 70.2 Å². The first kappa shape index (κ1) is 20.8. The van der Waals surface area contributed by atoms with Crippen molar-refractivity contribution in [3.63, 3.8) is 0 Å². The van der Waals surface area contributed by atoms with Crippen LogP contribution in [0.3, 0.4) is 0 Å². The second kappa shape index (κ2) is 7.84. The van der Waals surface area contributed by atoms with Crippen LogP contribution in [0, 0.1) is 10.1 Å². The van der Waals surface area contributed by atoms with E-state index in [4.69, 9.17) is 9.47 Å². The molecule has 3 heterocycles. The highest BCUT2D eigenvalue weighted by molar-refractivity contribution is 5.93. The molecule has 2 bridgehead atoms. The van der Waals surface area contributed by atoms with E-state index >= 15 is 0 Å². The number of amides is 1. The number of methoxy groups -OCH3 is 1. The summed E-state index contributed by atoms with van der Waals surface area (Å²) in [6.45, 7) is 5.51. The Bertz CT molecular complexity index is 807. The van der Waals surface area contributed by atoms with E-state index in [1.54, 1.807) is 4.90 Å². The molecule has 2 saturated heterocycles. The maximum atomic E-state index is 12.5. The van der Waals surface area contributed by atoms with Crippen molar-refractivity contribution in [2.24, 2.45) is 0 Å². The molecule has 0 N–H and O–H groups in total. The summed E-state index contributed by atoms with van der Waals surface area (Å²) in [7, 11) is 1.15. The normalized spacial score (nSPS) is 23.4. The summed E-state index contributed by atoms with van der Waals surface area (Å²) in [4.78, 5) is 40.6. The van der Waals surface area contributed by atoms with Crippen LogP contribution in [-0.2, 0) is 9.47 Å². The SMILES string of the molecule is COC(=O)c1cc(OC2C[C@H]3CC[C@@H](C2)N3C(=O)OC(C)(C)C)ncc1[N+](=O)[O-]. The number of rotatable bonds is 4. The van der Waals surface area contributed by atoms with Crippen LogP contribution in [-0.4, -0.2) is 57.8 Å². The van der Waals surface area contributed by atoms with Crippen molar-refractivity contribution in [3.8, 4) is 5.88 Å².